The number of carbonyl (C=O) groups excluding carboxylic acids is 2. The van der Waals surface area contributed by atoms with Crippen LogP contribution >= 0.6 is 0 Å². The second-order valence-corrected chi connectivity index (χ2v) is 4.24. The molecule has 2 aliphatic heterocycles. The number of urea groups is 1. The number of amides is 3. The normalized spacial score (nSPS) is 37.1. The van der Waals surface area contributed by atoms with Crippen molar-refractivity contribution in [3.8, 4) is 0 Å². The standard InChI is InChI=1S/C9H15N3O2/c1-9(5-6-3-2-4-10-6)7(13)11-8(14)12-9/h6,10H,2-5H2,1H3,(H2,11,12,13,14)/t6-,9+/m1/s1. The number of imide groups is 1. The Balaban J connectivity index is 2.01. The molecule has 0 aromatic rings. The minimum atomic E-state index is -0.723. The van der Waals surface area contributed by atoms with Gasteiger partial charge in [0.1, 0.15) is 5.54 Å². The van der Waals surface area contributed by atoms with E-state index in [1.54, 1.807) is 6.92 Å². The smallest absolute Gasteiger partial charge is 0.322 e. The molecule has 0 aromatic carbocycles. The number of hydrogen-bond acceptors (Lipinski definition) is 3. The van der Waals surface area contributed by atoms with E-state index < -0.39 is 5.54 Å². The van der Waals surface area contributed by atoms with Crippen molar-refractivity contribution in [2.75, 3.05) is 6.54 Å². The Labute approximate surface area is 82.6 Å². The molecule has 0 bridgehead atoms. The number of carbonyl (C=O) groups is 2. The van der Waals surface area contributed by atoms with Crippen molar-refractivity contribution in [1.82, 2.24) is 16.0 Å². The van der Waals surface area contributed by atoms with Gasteiger partial charge in [-0.1, -0.05) is 0 Å². The molecule has 2 saturated heterocycles. The van der Waals surface area contributed by atoms with Gasteiger partial charge in [-0.15, -0.1) is 0 Å². The molecule has 2 heterocycles. The van der Waals surface area contributed by atoms with Crippen molar-refractivity contribution in [3.63, 3.8) is 0 Å². The van der Waals surface area contributed by atoms with E-state index in [1.807, 2.05) is 0 Å². The molecule has 2 rings (SSSR count). The van der Waals surface area contributed by atoms with E-state index in [4.69, 9.17) is 0 Å². The van der Waals surface area contributed by atoms with Crippen molar-refractivity contribution in [2.24, 2.45) is 0 Å². The van der Waals surface area contributed by atoms with Gasteiger partial charge >= 0.3 is 6.03 Å². The Kier molecular flexibility index (Phi) is 2.19. The summed E-state index contributed by atoms with van der Waals surface area (Å²) < 4.78 is 0. The molecule has 3 N–H and O–H groups in total. The SMILES string of the molecule is C[C@@]1(C[C@H]2CCCN2)NC(=O)NC1=O. The Hall–Kier alpha value is -1.10. The molecule has 2 fully saturated rings. The molecule has 0 spiro atoms. The molecule has 0 aromatic heterocycles. The first kappa shape index (κ1) is 9.45. The van der Waals surface area contributed by atoms with Crippen molar-refractivity contribution in [2.45, 2.75) is 37.8 Å². The van der Waals surface area contributed by atoms with E-state index in [-0.39, 0.29) is 11.9 Å². The lowest BCUT2D eigenvalue weighted by atomic mass is 9.92. The van der Waals surface area contributed by atoms with E-state index in [0.29, 0.717) is 12.5 Å². The fourth-order valence-electron chi connectivity index (χ4n) is 2.15. The third-order valence-electron chi connectivity index (χ3n) is 2.93. The fourth-order valence-corrected chi connectivity index (χ4v) is 2.15. The Bertz CT molecular complexity index is 273. The molecule has 3 amide bonds. The molecule has 0 aliphatic carbocycles. The molecule has 0 radical (unpaired) electrons. The van der Waals surface area contributed by atoms with Gasteiger partial charge in [-0.3, -0.25) is 10.1 Å². The topological polar surface area (TPSA) is 70.2 Å². The van der Waals surface area contributed by atoms with Gasteiger partial charge in [0, 0.05) is 6.04 Å². The van der Waals surface area contributed by atoms with Gasteiger partial charge < -0.3 is 10.6 Å². The highest BCUT2D eigenvalue weighted by atomic mass is 16.2. The first-order valence-electron chi connectivity index (χ1n) is 4.97. The van der Waals surface area contributed by atoms with Gasteiger partial charge in [0.25, 0.3) is 5.91 Å². The molecule has 0 unspecified atom stereocenters. The summed E-state index contributed by atoms with van der Waals surface area (Å²) in [6, 6.07) is -0.0281. The van der Waals surface area contributed by atoms with Gasteiger partial charge in [-0.25, -0.2) is 4.79 Å². The molecule has 2 atom stereocenters. The van der Waals surface area contributed by atoms with Crippen LogP contribution in [-0.2, 0) is 4.79 Å². The van der Waals surface area contributed by atoms with Crippen molar-refractivity contribution in [3.05, 3.63) is 0 Å². The third kappa shape index (κ3) is 1.59. The van der Waals surface area contributed by atoms with Gasteiger partial charge in [0.15, 0.2) is 0 Å². The predicted molar refractivity (Wildman–Crippen MR) is 50.7 cm³/mol. The first-order valence-corrected chi connectivity index (χ1v) is 4.97. The van der Waals surface area contributed by atoms with Gasteiger partial charge in [0.05, 0.1) is 0 Å². The van der Waals surface area contributed by atoms with Crippen LogP contribution in [0, 0.1) is 0 Å². The van der Waals surface area contributed by atoms with Crippen molar-refractivity contribution >= 4 is 11.9 Å². The van der Waals surface area contributed by atoms with E-state index >= 15 is 0 Å². The van der Waals surface area contributed by atoms with Crippen molar-refractivity contribution < 1.29 is 9.59 Å². The van der Waals surface area contributed by atoms with Crippen LogP contribution in [0.2, 0.25) is 0 Å². The van der Waals surface area contributed by atoms with E-state index in [9.17, 15) is 9.59 Å². The zero-order valence-corrected chi connectivity index (χ0v) is 8.22. The molecule has 5 heteroatoms. The molecule has 14 heavy (non-hydrogen) atoms. The summed E-state index contributed by atoms with van der Waals surface area (Å²) >= 11 is 0. The zero-order chi connectivity index (χ0) is 10.2. The molecule has 5 nitrogen and oxygen atoms in total. The predicted octanol–water partition coefficient (Wildman–Crippen LogP) is -0.273. The van der Waals surface area contributed by atoms with Crippen LogP contribution < -0.4 is 16.0 Å². The lowest BCUT2D eigenvalue weighted by Crippen LogP contribution is -2.47. The van der Waals surface area contributed by atoms with E-state index in [2.05, 4.69) is 16.0 Å². The average molecular weight is 197 g/mol. The van der Waals surface area contributed by atoms with Gasteiger partial charge in [-0.2, -0.15) is 0 Å². The van der Waals surface area contributed by atoms with Gasteiger partial charge in [0.2, 0.25) is 0 Å². The number of rotatable bonds is 2. The van der Waals surface area contributed by atoms with Gasteiger partial charge in [-0.05, 0) is 32.7 Å². The summed E-state index contributed by atoms with van der Waals surface area (Å²) in [6.45, 7) is 2.78. The second-order valence-electron chi connectivity index (χ2n) is 4.24. The molecular weight excluding hydrogens is 182 g/mol. The Morgan fingerprint density at radius 2 is 2.29 bits per heavy atom. The minimum absolute atomic E-state index is 0.212. The van der Waals surface area contributed by atoms with Crippen molar-refractivity contribution in [1.29, 1.82) is 0 Å². The van der Waals surface area contributed by atoms with Crippen LogP contribution in [0.3, 0.4) is 0 Å². The fraction of sp³-hybridized carbons (Fsp3) is 0.778. The second kappa shape index (κ2) is 3.24. The van der Waals surface area contributed by atoms with Crippen LogP contribution in [0.15, 0.2) is 0 Å². The number of hydrogen-bond donors (Lipinski definition) is 3. The molecular formula is C9H15N3O2. The summed E-state index contributed by atoms with van der Waals surface area (Å²) in [4.78, 5) is 22.5. The molecule has 78 valence electrons. The van der Waals surface area contributed by atoms with E-state index in [0.717, 1.165) is 19.4 Å². The van der Waals surface area contributed by atoms with Crippen LogP contribution in [0.4, 0.5) is 4.79 Å². The van der Waals surface area contributed by atoms with Crippen LogP contribution in [0.25, 0.3) is 0 Å². The maximum atomic E-state index is 11.5. The summed E-state index contributed by atoms with van der Waals surface area (Å²) in [5.41, 5.74) is -0.723. The molecule has 2 aliphatic rings. The van der Waals surface area contributed by atoms with E-state index in [1.165, 1.54) is 0 Å². The maximum absolute atomic E-state index is 11.5. The highest BCUT2D eigenvalue weighted by molar-refractivity contribution is 6.06. The largest absolute Gasteiger partial charge is 0.323 e. The zero-order valence-electron chi connectivity index (χ0n) is 8.22. The summed E-state index contributed by atoms with van der Waals surface area (Å²) in [5, 5.41) is 8.24. The summed E-state index contributed by atoms with van der Waals surface area (Å²) in [6.07, 6.45) is 2.90. The maximum Gasteiger partial charge on any atom is 0.322 e. The third-order valence-corrected chi connectivity index (χ3v) is 2.93. The van der Waals surface area contributed by atoms with Crippen LogP contribution in [0.5, 0.6) is 0 Å². The quantitative estimate of drug-likeness (QED) is 0.533. The molecule has 0 saturated carbocycles. The Morgan fingerprint density at radius 1 is 1.50 bits per heavy atom. The lowest BCUT2D eigenvalue weighted by Gasteiger charge is -2.24. The summed E-state index contributed by atoms with van der Waals surface area (Å²) in [7, 11) is 0. The minimum Gasteiger partial charge on any atom is -0.323 e. The Morgan fingerprint density at radius 3 is 2.79 bits per heavy atom. The van der Waals surface area contributed by atoms with Crippen LogP contribution in [0.1, 0.15) is 26.2 Å². The monoisotopic (exact) mass is 197 g/mol. The highest BCUT2D eigenvalue weighted by Crippen LogP contribution is 2.21. The highest BCUT2D eigenvalue weighted by Gasteiger charge is 2.43. The number of nitrogens with one attached hydrogen (secondary N) is 3. The summed E-state index contributed by atoms with van der Waals surface area (Å²) in [5.74, 6) is -0.212. The lowest BCUT2D eigenvalue weighted by molar-refractivity contribution is -0.123. The average Bonchev–Trinajstić information content (AvgIpc) is 2.62. The first-order chi connectivity index (χ1) is 6.60. The van der Waals surface area contributed by atoms with Crippen LogP contribution in [-0.4, -0.2) is 30.1 Å².